The summed E-state index contributed by atoms with van der Waals surface area (Å²) in [6.07, 6.45) is 6.51. The molecule has 0 radical (unpaired) electrons. The predicted octanol–water partition coefficient (Wildman–Crippen LogP) is 3.12. The van der Waals surface area contributed by atoms with Crippen LogP contribution in [0.25, 0.3) is 6.08 Å². The number of halogens is 1. The van der Waals surface area contributed by atoms with Crippen LogP contribution in [0, 0.1) is 12.3 Å². The number of ether oxygens (including phenoxy) is 2. The summed E-state index contributed by atoms with van der Waals surface area (Å²) in [5.41, 5.74) is 0.272. The number of carbonyl (C=O) groups excluding carboxylic acids is 3. The number of hydrogen-bond acceptors (Lipinski definition) is 6. The van der Waals surface area contributed by atoms with Gasteiger partial charge in [0.25, 0.3) is 11.8 Å². The second kappa shape index (κ2) is 9.24. The van der Waals surface area contributed by atoms with Crippen molar-refractivity contribution < 1.29 is 29.0 Å². The van der Waals surface area contributed by atoms with E-state index in [1.165, 1.54) is 42.5 Å². The molecule has 1 saturated heterocycles. The Balaban J connectivity index is 2.02. The zero-order chi connectivity index (χ0) is 22.5. The Labute approximate surface area is 183 Å². The minimum atomic E-state index is -0.899. The van der Waals surface area contributed by atoms with E-state index in [9.17, 15) is 19.5 Å². The van der Waals surface area contributed by atoms with Crippen LogP contribution in [0.4, 0.5) is 10.5 Å². The molecule has 0 unspecified atom stereocenters. The van der Waals surface area contributed by atoms with Crippen molar-refractivity contribution in [2.45, 2.75) is 6.92 Å². The van der Waals surface area contributed by atoms with Gasteiger partial charge in [-0.3, -0.25) is 14.9 Å². The van der Waals surface area contributed by atoms with E-state index in [1.807, 2.05) is 0 Å². The molecule has 0 atom stereocenters. The molecule has 1 fully saturated rings. The number of phenolic OH excluding ortho intramolecular Hbond substituents is 1. The van der Waals surface area contributed by atoms with E-state index in [0.29, 0.717) is 12.2 Å². The molecule has 0 aliphatic carbocycles. The van der Waals surface area contributed by atoms with Gasteiger partial charge in [0.15, 0.2) is 11.5 Å². The number of hydrogen-bond donors (Lipinski definition) is 2. The van der Waals surface area contributed by atoms with Crippen LogP contribution in [0.3, 0.4) is 0 Å². The Bertz CT molecular complexity index is 1120. The Morgan fingerprint density at radius 3 is 2.55 bits per heavy atom. The number of terminal acetylenes is 1. The van der Waals surface area contributed by atoms with Gasteiger partial charge in [0.05, 0.1) is 17.3 Å². The Morgan fingerprint density at radius 2 is 1.90 bits per heavy atom. The molecule has 0 aromatic heterocycles. The molecule has 2 aromatic carbocycles. The van der Waals surface area contributed by atoms with Gasteiger partial charge in [-0.15, -0.1) is 6.42 Å². The van der Waals surface area contributed by atoms with Gasteiger partial charge in [-0.2, -0.15) is 0 Å². The molecular formula is C22H17ClN2O6. The summed E-state index contributed by atoms with van der Waals surface area (Å²) in [6.45, 7) is 2.05. The zero-order valence-corrected chi connectivity index (χ0v) is 17.1. The maximum Gasteiger partial charge on any atom is 0.335 e. The Kier molecular flexibility index (Phi) is 6.48. The van der Waals surface area contributed by atoms with Crippen molar-refractivity contribution in [3.8, 4) is 29.6 Å². The zero-order valence-electron chi connectivity index (χ0n) is 16.3. The monoisotopic (exact) mass is 440 g/mol. The second-order valence-electron chi connectivity index (χ2n) is 6.23. The van der Waals surface area contributed by atoms with Gasteiger partial charge in [0.1, 0.15) is 17.9 Å². The standard InChI is InChI=1S/C22H17ClN2O6/c1-3-9-31-19-17(23)11-13(12-18(19)30-4-2)10-16-20(27)24-22(29)25(21(16)28)14-5-7-15(26)8-6-14/h1,5-8,10-12,26H,4,9H2,2H3,(H,24,27,29)/b16-10+. The minimum Gasteiger partial charge on any atom is -0.508 e. The highest BCUT2D eigenvalue weighted by Gasteiger charge is 2.36. The summed E-state index contributed by atoms with van der Waals surface area (Å²) in [4.78, 5) is 38.3. The number of nitrogens with zero attached hydrogens (tertiary/aromatic N) is 1. The summed E-state index contributed by atoms with van der Waals surface area (Å²) in [7, 11) is 0. The highest BCUT2D eigenvalue weighted by atomic mass is 35.5. The number of amides is 4. The van der Waals surface area contributed by atoms with E-state index in [4.69, 9.17) is 27.5 Å². The van der Waals surface area contributed by atoms with Gasteiger partial charge < -0.3 is 14.6 Å². The topological polar surface area (TPSA) is 105 Å². The van der Waals surface area contributed by atoms with Gasteiger partial charge in [-0.1, -0.05) is 17.5 Å². The number of anilines is 1. The van der Waals surface area contributed by atoms with Crippen LogP contribution in [0.2, 0.25) is 5.02 Å². The number of carbonyl (C=O) groups is 3. The molecule has 1 aliphatic heterocycles. The first kappa shape index (κ1) is 21.7. The molecule has 1 heterocycles. The number of rotatable bonds is 6. The third-order valence-corrected chi connectivity index (χ3v) is 4.43. The molecule has 0 spiro atoms. The average Bonchev–Trinajstić information content (AvgIpc) is 2.72. The SMILES string of the molecule is C#CCOc1c(Cl)cc(/C=C2\C(=O)NC(=O)N(c3ccc(O)cc3)C2=O)cc1OCC. The fraction of sp³-hybridized carbons (Fsp3) is 0.136. The number of aromatic hydroxyl groups is 1. The molecule has 3 rings (SSSR count). The summed E-state index contributed by atoms with van der Waals surface area (Å²) in [6, 6.07) is 7.51. The fourth-order valence-electron chi connectivity index (χ4n) is 2.85. The lowest BCUT2D eigenvalue weighted by molar-refractivity contribution is -0.122. The lowest BCUT2D eigenvalue weighted by Gasteiger charge is -2.26. The van der Waals surface area contributed by atoms with Crippen molar-refractivity contribution in [1.82, 2.24) is 5.32 Å². The van der Waals surface area contributed by atoms with E-state index >= 15 is 0 Å². The van der Waals surface area contributed by atoms with E-state index < -0.39 is 17.8 Å². The lowest BCUT2D eigenvalue weighted by Crippen LogP contribution is -2.54. The predicted molar refractivity (Wildman–Crippen MR) is 114 cm³/mol. The summed E-state index contributed by atoms with van der Waals surface area (Å²) in [5.74, 6) is 1.13. The quantitative estimate of drug-likeness (QED) is 0.406. The first-order valence-electron chi connectivity index (χ1n) is 9.08. The van der Waals surface area contributed by atoms with Crippen LogP contribution in [0.5, 0.6) is 17.2 Å². The van der Waals surface area contributed by atoms with E-state index in [1.54, 1.807) is 6.92 Å². The van der Waals surface area contributed by atoms with Crippen LogP contribution in [-0.4, -0.2) is 36.2 Å². The van der Waals surface area contributed by atoms with Crippen LogP contribution >= 0.6 is 11.6 Å². The second-order valence-corrected chi connectivity index (χ2v) is 6.64. The number of benzene rings is 2. The van der Waals surface area contributed by atoms with Crippen LogP contribution in [0.1, 0.15) is 12.5 Å². The molecule has 2 aromatic rings. The van der Waals surface area contributed by atoms with E-state index in [0.717, 1.165) is 4.90 Å². The first-order chi connectivity index (χ1) is 14.8. The smallest absolute Gasteiger partial charge is 0.335 e. The van der Waals surface area contributed by atoms with Gasteiger partial charge in [0.2, 0.25) is 0 Å². The van der Waals surface area contributed by atoms with Crippen LogP contribution < -0.4 is 19.7 Å². The molecule has 9 heteroatoms. The van der Waals surface area contributed by atoms with Gasteiger partial charge >= 0.3 is 6.03 Å². The summed E-state index contributed by atoms with van der Waals surface area (Å²) >= 11 is 6.28. The normalized spacial score (nSPS) is 14.9. The van der Waals surface area contributed by atoms with Crippen molar-refractivity contribution >= 4 is 41.2 Å². The van der Waals surface area contributed by atoms with Crippen molar-refractivity contribution in [1.29, 1.82) is 0 Å². The largest absolute Gasteiger partial charge is 0.508 e. The molecule has 0 bridgehead atoms. The summed E-state index contributed by atoms with van der Waals surface area (Å²) in [5, 5.41) is 11.7. The Morgan fingerprint density at radius 1 is 1.19 bits per heavy atom. The molecule has 0 saturated carbocycles. The number of imide groups is 2. The number of phenols is 1. The molecule has 31 heavy (non-hydrogen) atoms. The molecule has 1 aliphatic rings. The van der Waals surface area contributed by atoms with E-state index in [2.05, 4.69) is 11.2 Å². The molecule has 8 nitrogen and oxygen atoms in total. The first-order valence-corrected chi connectivity index (χ1v) is 9.46. The van der Waals surface area contributed by atoms with Crippen molar-refractivity contribution in [2.24, 2.45) is 0 Å². The van der Waals surface area contributed by atoms with Crippen molar-refractivity contribution in [2.75, 3.05) is 18.1 Å². The van der Waals surface area contributed by atoms with Crippen molar-refractivity contribution in [3.63, 3.8) is 0 Å². The average molecular weight is 441 g/mol. The summed E-state index contributed by atoms with van der Waals surface area (Å²) < 4.78 is 11.0. The van der Waals surface area contributed by atoms with Crippen molar-refractivity contribution in [3.05, 3.63) is 52.6 Å². The third kappa shape index (κ3) is 4.63. The van der Waals surface area contributed by atoms with E-state index in [-0.39, 0.29) is 40.1 Å². The Hall–Kier alpha value is -3.96. The highest BCUT2D eigenvalue weighted by Crippen LogP contribution is 2.37. The maximum absolute atomic E-state index is 12.9. The molecule has 2 N–H and O–H groups in total. The van der Waals surface area contributed by atoms with Crippen LogP contribution in [0.15, 0.2) is 42.0 Å². The molecule has 158 valence electrons. The minimum absolute atomic E-state index is 0.0230. The van der Waals surface area contributed by atoms with Gasteiger partial charge in [-0.25, -0.2) is 9.69 Å². The van der Waals surface area contributed by atoms with Gasteiger partial charge in [0, 0.05) is 0 Å². The maximum atomic E-state index is 12.9. The lowest BCUT2D eigenvalue weighted by atomic mass is 10.1. The number of barbiturate groups is 1. The third-order valence-electron chi connectivity index (χ3n) is 4.15. The highest BCUT2D eigenvalue weighted by molar-refractivity contribution is 6.39. The fourth-order valence-corrected chi connectivity index (χ4v) is 3.12. The molecular weight excluding hydrogens is 424 g/mol. The number of nitrogens with one attached hydrogen (secondary N) is 1. The van der Waals surface area contributed by atoms with Gasteiger partial charge in [-0.05, 0) is 55.0 Å². The van der Waals surface area contributed by atoms with Crippen LogP contribution in [-0.2, 0) is 9.59 Å². The number of urea groups is 1. The molecule has 4 amide bonds.